The molecule has 0 saturated carbocycles. The maximum atomic E-state index is 11.0. The maximum Gasteiger partial charge on any atom is 0.153 e. The van der Waals surface area contributed by atoms with Crippen molar-refractivity contribution in [2.45, 2.75) is 27.1 Å². The Morgan fingerprint density at radius 3 is 2.55 bits per heavy atom. The minimum atomic E-state index is -0.115. The molecule has 5 heteroatoms. The van der Waals surface area contributed by atoms with Crippen LogP contribution in [0.25, 0.3) is 0 Å². The number of rotatable bonds is 6. The van der Waals surface area contributed by atoms with E-state index < -0.39 is 0 Å². The molecule has 5 nitrogen and oxygen atoms in total. The van der Waals surface area contributed by atoms with Gasteiger partial charge in [0.05, 0.1) is 30.7 Å². The van der Waals surface area contributed by atoms with Crippen LogP contribution in [0.5, 0.6) is 11.5 Å². The molecule has 0 amide bonds. The third kappa shape index (κ3) is 4.86. The number of aliphatic hydroxyl groups excluding tert-OH is 1. The van der Waals surface area contributed by atoms with Crippen LogP contribution in [-0.4, -0.2) is 23.5 Å². The second kappa shape index (κ2) is 9.52. The molecule has 118 valence electrons. The van der Waals surface area contributed by atoms with E-state index in [1.165, 1.54) is 7.11 Å². The fourth-order valence-electron chi connectivity index (χ4n) is 1.73. The van der Waals surface area contributed by atoms with Gasteiger partial charge in [-0.05, 0) is 30.3 Å². The second-order valence-corrected chi connectivity index (χ2v) is 4.09. The zero-order valence-corrected chi connectivity index (χ0v) is 13.1. The van der Waals surface area contributed by atoms with Gasteiger partial charge in [0, 0.05) is 0 Å². The average molecular weight is 303 g/mol. The number of methoxy groups -OCH3 is 1. The minimum Gasteiger partial charge on any atom is -0.497 e. The van der Waals surface area contributed by atoms with Crippen LogP contribution < -0.4 is 9.47 Å². The highest BCUT2D eigenvalue weighted by molar-refractivity contribution is 5.80. The summed E-state index contributed by atoms with van der Waals surface area (Å²) < 4.78 is 10.6. The lowest BCUT2D eigenvalue weighted by Gasteiger charge is -2.10. The van der Waals surface area contributed by atoms with Crippen LogP contribution in [0.2, 0.25) is 0 Å². The Balaban J connectivity index is 0.00000116. The summed E-state index contributed by atoms with van der Waals surface area (Å²) in [4.78, 5) is 15.2. The number of ether oxygens (including phenoxy) is 2. The Kier molecular flexibility index (Phi) is 7.64. The largest absolute Gasteiger partial charge is 0.497 e. The van der Waals surface area contributed by atoms with Crippen molar-refractivity contribution in [2.75, 3.05) is 7.11 Å². The summed E-state index contributed by atoms with van der Waals surface area (Å²) >= 11 is 0. The van der Waals surface area contributed by atoms with Crippen molar-refractivity contribution in [2.24, 2.45) is 0 Å². The van der Waals surface area contributed by atoms with Crippen molar-refractivity contribution in [3.63, 3.8) is 0 Å². The van der Waals surface area contributed by atoms with Crippen LogP contribution in [0.15, 0.2) is 36.4 Å². The number of benzene rings is 1. The zero-order chi connectivity index (χ0) is 16.4. The molecule has 1 aromatic carbocycles. The number of pyridine rings is 1. The number of aldehydes is 1. The summed E-state index contributed by atoms with van der Waals surface area (Å²) in [6.45, 7) is 4.11. The van der Waals surface area contributed by atoms with Gasteiger partial charge in [-0.1, -0.05) is 19.9 Å². The van der Waals surface area contributed by atoms with Crippen molar-refractivity contribution in [3.8, 4) is 11.5 Å². The molecule has 0 bridgehead atoms. The lowest BCUT2D eigenvalue weighted by atomic mass is 10.2. The van der Waals surface area contributed by atoms with E-state index in [-0.39, 0.29) is 13.2 Å². The van der Waals surface area contributed by atoms with Crippen LogP contribution in [0.1, 0.15) is 35.6 Å². The average Bonchev–Trinajstić information content (AvgIpc) is 2.61. The van der Waals surface area contributed by atoms with E-state index in [0.717, 1.165) is 6.29 Å². The van der Waals surface area contributed by atoms with Crippen LogP contribution in [0, 0.1) is 0 Å². The van der Waals surface area contributed by atoms with Crippen LogP contribution >= 0.6 is 0 Å². The summed E-state index contributed by atoms with van der Waals surface area (Å²) in [5, 5.41) is 9.02. The monoisotopic (exact) mass is 303 g/mol. The fraction of sp³-hybridized carbons (Fsp3) is 0.294. The molecular weight excluding hydrogens is 282 g/mol. The van der Waals surface area contributed by atoms with Gasteiger partial charge in [0.1, 0.15) is 18.1 Å². The number of hydrogen-bond acceptors (Lipinski definition) is 5. The standard InChI is InChI=1S/C15H15NO4.C2H6/c1-19-14-5-6-15(11(7-14)8-17)20-10-13-4-2-3-12(9-18)16-13;1-2/h2-8,18H,9-10H2,1H3;1-2H3. The van der Waals surface area contributed by atoms with E-state index in [9.17, 15) is 4.79 Å². The molecule has 0 spiro atoms. The Bertz CT molecular complexity index is 599. The number of carbonyl (C=O) groups is 1. The third-order valence-corrected chi connectivity index (χ3v) is 2.75. The zero-order valence-electron chi connectivity index (χ0n) is 13.1. The molecule has 0 atom stereocenters. The van der Waals surface area contributed by atoms with Gasteiger partial charge in [0.2, 0.25) is 0 Å². The van der Waals surface area contributed by atoms with E-state index in [2.05, 4.69) is 4.98 Å². The van der Waals surface area contributed by atoms with E-state index in [1.54, 1.807) is 36.4 Å². The summed E-state index contributed by atoms with van der Waals surface area (Å²) in [5.74, 6) is 1.07. The lowest BCUT2D eigenvalue weighted by molar-refractivity contribution is 0.111. The molecule has 2 rings (SSSR count). The number of nitrogens with zero attached hydrogens (tertiary/aromatic N) is 1. The minimum absolute atomic E-state index is 0.115. The van der Waals surface area contributed by atoms with Gasteiger partial charge in [-0.25, -0.2) is 0 Å². The molecular formula is C17H21NO4. The maximum absolute atomic E-state index is 11.0. The number of carbonyl (C=O) groups excluding carboxylic acids is 1. The highest BCUT2D eigenvalue weighted by atomic mass is 16.5. The molecule has 0 aliphatic carbocycles. The molecule has 2 aromatic rings. The number of aromatic nitrogens is 1. The summed E-state index contributed by atoms with van der Waals surface area (Å²) in [7, 11) is 1.54. The SMILES string of the molecule is CC.COc1ccc(OCc2cccc(CO)n2)c(C=O)c1. The Morgan fingerprint density at radius 1 is 1.18 bits per heavy atom. The van der Waals surface area contributed by atoms with Gasteiger partial charge < -0.3 is 14.6 Å². The van der Waals surface area contributed by atoms with Crippen molar-refractivity contribution in [1.29, 1.82) is 0 Å². The Hall–Kier alpha value is -2.40. The highest BCUT2D eigenvalue weighted by Gasteiger charge is 2.06. The summed E-state index contributed by atoms with van der Waals surface area (Å²) in [6, 6.07) is 10.3. The molecule has 1 N–H and O–H groups in total. The number of hydrogen-bond donors (Lipinski definition) is 1. The van der Waals surface area contributed by atoms with Gasteiger partial charge >= 0.3 is 0 Å². The van der Waals surface area contributed by atoms with E-state index >= 15 is 0 Å². The van der Waals surface area contributed by atoms with Gasteiger partial charge in [-0.3, -0.25) is 9.78 Å². The van der Waals surface area contributed by atoms with Crippen molar-refractivity contribution >= 4 is 6.29 Å². The summed E-state index contributed by atoms with van der Waals surface area (Å²) in [6.07, 6.45) is 0.718. The van der Waals surface area contributed by atoms with Gasteiger partial charge in [-0.15, -0.1) is 0 Å². The first-order valence-corrected chi connectivity index (χ1v) is 7.08. The van der Waals surface area contributed by atoms with Crippen LogP contribution in [0.3, 0.4) is 0 Å². The lowest BCUT2D eigenvalue weighted by Crippen LogP contribution is -2.02. The molecule has 0 unspecified atom stereocenters. The van der Waals surface area contributed by atoms with Crippen LogP contribution in [-0.2, 0) is 13.2 Å². The molecule has 1 aromatic heterocycles. The Labute approximate surface area is 130 Å². The Morgan fingerprint density at radius 2 is 1.91 bits per heavy atom. The van der Waals surface area contributed by atoms with Gasteiger partial charge in [-0.2, -0.15) is 0 Å². The van der Waals surface area contributed by atoms with Crippen molar-refractivity contribution < 1.29 is 19.4 Å². The van der Waals surface area contributed by atoms with E-state index in [4.69, 9.17) is 14.6 Å². The van der Waals surface area contributed by atoms with Crippen molar-refractivity contribution in [3.05, 3.63) is 53.3 Å². The van der Waals surface area contributed by atoms with E-state index in [1.807, 2.05) is 13.8 Å². The molecule has 0 aliphatic rings. The molecule has 0 saturated heterocycles. The molecule has 1 heterocycles. The molecule has 22 heavy (non-hydrogen) atoms. The van der Waals surface area contributed by atoms with Gasteiger partial charge in [0.25, 0.3) is 0 Å². The van der Waals surface area contributed by atoms with Crippen molar-refractivity contribution in [1.82, 2.24) is 4.98 Å². The third-order valence-electron chi connectivity index (χ3n) is 2.75. The normalized spacial score (nSPS) is 9.45. The molecule has 0 aliphatic heterocycles. The fourth-order valence-corrected chi connectivity index (χ4v) is 1.73. The number of aliphatic hydroxyl groups is 1. The predicted octanol–water partition coefficient (Wildman–Crippen LogP) is 3.00. The molecule has 0 fully saturated rings. The highest BCUT2D eigenvalue weighted by Crippen LogP contribution is 2.23. The topological polar surface area (TPSA) is 68.7 Å². The van der Waals surface area contributed by atoms with E-state index in [0.29, 0.717) is 28.5 Å². The molecule has 0 radical (unpaired) electrons. The first-order chi connectivity index (χ1) is 10.8. The van der Waals surface area contributed by atoms with Gasteiger partial charge in [0.15, 0.2) is 6.29 Å². The summed E-state index contributed by atoms with van der Waals surface area (Å²) in [5.41, 5.74) is 1.68. The predicted molar refractivity (Wildman–Crippen MR) is 84.2 cm³/mol. The first-order valence-electron chi connectivity index (χ1n) is 7.08. The quantitative estimate of drug-likeness (QED) is 0.831. The van der Waals surface area contributed by atoms with Crippen LogP contribution in [0.4, 0.5) is 0 Å². The smallest absolute Gasteiger partial charge is 0.153 e. The first kappa shape index (κ1) is 17.7. The second-order valence-electron chi connectivity index (χ2n) is 4.09.